The van der Waals surface area contributed by atoms with E-state index in [1.807, 2.05) is 37.3 Å². The highest BCUT2D eigenvalue weighted by Crippen LogP contribution is 2.31. The zero-order chi connectivity index (χ0) is 18.1. The van der Waals surface area contributed by atoms with Gasteiger partial charge in [-0.1, -0.05) is 12.1 Å². The highest BCUT2D eigenvalue weighted by Gasteiger charge is 2.13. The normalized spacial score (nSPS) is 11.4. The van der Waals surface area contributed by atoms with Crippen molar-refractivity contribution in [3.8, 4) is 11.5 Å². The highest BCUT2D eigenvalue weighted by molar-refractivity contribution is 5.76. The van der Waals surface area contributed by atoms with Crippen molar-refractivity contribution < 1.29 is 14.3 Å². The van der Waals surface area contributed by atoms with E-state index in [1.165, 1.54) is 0 Å². The van der Waals surface area contributed by atoms with Gasteiger partial charge in [-0.3, -0.25) is 9.78 Å². The lowest BCUT2D eigenvalue weighted by Gasteiger charge is -2.17. The van der Waals surface area contributed by atoms with Crippen LogP contribution >= 0.6 is 0 Å². The Kier molecular flexibility index (Phi) is 7.01. The van der Waals surface area contributed by atoms with Gasteiger partial charge in [0.2, 0.25) is 5.91 Å². The summed E-state index contributed by atoms with van der Waals surface area (Å²) in [5.41, 5.74) is 1.99. The minimum Gasteiger partial charge on any atom is -0.493 e. The van der Waals surface area contributed by atoms with Gasteiger partial charge in [0, 0.05) is 18.8 Å². The summed E-state index contributed by atoms with van der Waals surface area (Å²) in [6.45, 7) is 6.01. The molecule has 0 fully saturated rings. The van der Waals surface area contributed by atoms with Gasteiger partial charge in [0.15, 0.2) is 11.5 Å². The van der Waals surface area contributed by atoms with Crippen LogP contribution < -0.4 is 14.8 Å². The number of carbonyl (C=O) groups is 1. The van der Waals surface area contributed by atoms with Crippen molar-refractivity contribution in [2.75, 3.05) is 7.11 Å². The van der Waals surface area contributed by atoms with Crippen molar-refractivity contribution >= 4 is 5.91 Å². The molecule has 1 aromatic heterocycles. The largest absolute Gasteiger partial charge is 0.493 e. The molecule has 1 aromatic carbocycles. The zero-order valence-corrected chi connectivity index (χ0v) is 14.7. The lowest BCUT2D eigenvalue weighted by atomic mass is 10.1. The molecule has 0 bridgehead atoms. The van der Waals surface area contributed by atoms with Crippen molar-refractivity contribution in [2.45, 2.75) is 32.4 Å². The molecule has 1 amide bonds. The predicted molar refractivity (Wildman–Crippen MR) is 97.6 cm³/mol. The molecule has 1 heterocycles. The molecule has 0 saturated carbocycles. The summed E-state index contributed by atoms with van der Waals surface area (Å²) < 4.78 is 11.3. The molecule has 25 heavy (non-hydrogen) atoms. The van der Waals surface area contributed by atoms with Gasteiger partial charge in [-0.25, -0.2) is 0 Å². The molecule has 5 nitrogen and oxygen atoms in total. The maximum absolute atomic E-state index is 11.8. The van der Waals surface area contributed by atoms with Crippen molar-refractivity contribution in [1.82, 2.24) is 10.3 Å². The fourth-order valence-electron chi connectivity index (χ4n) is 2.34. The first-order valence-electron chi connectivity index (χ1n) is 8.24. The van der Waals surface area contributed by atoms with Crippen LogP contribution in [0, 0.1) is 0 Å². The molecule has 1 unspecified atom stereocenters. The first kappa shape index (κ1) is 18.5. The lowest BCUT2D eigenvalue weighted by Crippen LogP contribution is -2.26. The van der Waals surface area contributed by atoms with Crippen molar-refractivity contribution in [3.05, 3.63) is 66.5 Å². The first-order chi connectivity index (χ1) is 12.1. The average Bonchev–Trinajstić information content (AvgIpc) is 2.65. The number of methoxy groups -OCH3 is 1. The van der Waals surface area contributed by atoms with E-state index in [9.17, 15) is 4.79 Å². The van der Waals surface area contributed by atoms with E-state index in [0.717, 1.165) is 11.1 Å². The smallest absolute Gasteiger partial charge is 0.220 e. The number of allylic oxidation sites excluding steroid dienone is 1. The Bertz CT molecular complexity index is 701. The van der Waals surface area contributed by atoms with E-state index in [0.29, 0.717) is 30.9 Å². The number of hydrogen-bond acceptors (Lipinski definition) is 4. The van der Waals surface area contributed by atoms with Gasteiger partial charge in [-0.05, 0) is 48.7 Å². The molecule has 0 aliphatic carbocycles. The number of pyridine rings is 1. The van der Waals surface area contributed by atoms with Gasteiger partial charge < -0.3 is 14.8 Å². The Morgan fingerprint density at radius 1 is 1.28 bits per heavy atom. The summed E-state index contributed by atoms with van der Waals surface area (Å²) in [4.78, 5) is 15.8. The van der Waals surface area contributed by atoms with Crippen molar-refractivity contribution in [1.29, 1.82) is 0 Å². The third-order valence-electron chi connectivity index (χ3n) is 3.78. The van der Waals surface area contributed by atoms with E-state index in [4.69, 9.17) is 9.47 Å². The van der Waals surface area contributed by atoms with E-state index in [1.54, 1.807) is 25.6 Å². The summed E-state index contributed by atoms with van der Waals surface area (Å²) in [6.07, 6.45) is 6.31. The Balaban J connectivity index is 2.02. The molecule has 132 valence electrons. The standard InChI is InChI=1S/C20H24N2O3/c1-4-5-6-20(23)22-15(2)17-7-8-18(19(13-17)24-3)25-14-16-9-11-21-12-10-16/h4,7-13,15H,1,5-6,14H2,2-3H3,(H,22,23). The highest BCUT2D eigenvalue weighted by atomic mass is 16.5. The quantitative estimate of drug-likeness (QED) is 0.705. The van der Waals surface area contributed by atoms with Gasteiger partial charge >= 0.3 is 0 Å². The van der Waals surface area contributed by atoms with Crippen molar-refractivity contribution in [2.24, 2.45) is 0 Å². The van der Waals surface area contributed by atoms with Crippen LogP contribution in [0.4, 0.5) is 0 Å². The molecule has 2 aromatic rings. The molecule has 0 spiro atoms. The van der Waals surface area contributed by atoms with Crippen LogP contribution in [0.25, 0.3) is 0 Å². The summed E-state index contributed by atoms with van der Waals surface area (Å²) in [5, 5.41) is 2.97. The number of nitrogens with one attached hydrogen (secondary N) is 1. The van der Waals surface area contributed by atoms with Gasteiger partial charge in [-0.2, -0.15) is 0 Å². The Labute approximate surface area is 148 Å². The molecule has 0 radical (unpaired) electrons. The summed E-state index contributed by atoms with van der Waals surface area (Å²) in [5.74, 6) is 1.30. The van der Waals surface area contributed by atoms with E-state index in [-0.39, 0.29) is 11.9 Å². The molecular weight excluding hydrogens is 316 g/mol. The molecule has 5 heteroatoms. The second-order valence-corrected chi connectivity index (χ2v) is 5.67. The number of nitrogens with zero attached hydrogens (tertiary/aromatic N) is 1. The maximum atomic E-state index is 11.8. The number of benzene rings is 1. The molecule has 2 rings (SSSR count). The van der Waals surface area contributed by atoms with Crippen LogP contribution in [0.15, 0.2) is 55.4 Å². The third kappa shape index (κ3) is 5.64. The minimum atomic E-state index is -0.111. The van der Waals surface area contributed by atoms with Gasteiger partial charge in [0.25, 0.3) is 0 Å². The number of carbonyl (C=O) groups excluding carboxylic acids is 1. The molecule has 0 aliphatic heterocycles. The number of hydrogen-bond donors (Lipinski definition) is 1. The number of aromatic nitrogens is 1. The molecule has 0 aliphatic rings. The molecule has 1 atom stereocenters. The van der Waals surface area contributed by atoms with Crippen LogP contribution in [0.1, 0.15) is 36.9 Å². The number of rotatable bonds is 9. The van der Waals surface area contributed by atoms with Crippen LogP contribution in [-0.2, 0) is 11.4 Å². The maximum Gasteiger partial charge on any atom is 0.220 e. The van der Waals surface area contributed by atoms with E-state index in [2.05, 4.69) is 16.9 Å². The molecular formula is C20H24N2O3. The third-order valence-corrected chi connectivity index (χ3v) is 3.78. The molecule has 1 N–H and O–H groups in total. The summed E-state index contributed by atoms with van der Waals surface area (Å²) in [6, 6.07) is 9.38. The minimum absolute atomic E-state index is 0.00406. The second kappa shape index (κ2) is 9.47. The Morgan fingerprint density at radius 2 is 2.04 bits per heavy atom. The monoisotopic (exact) mass is 340 g/mol. The zero-order valence-electron chi connectivity index (χ0n) is 14.7. The van der Waals surface area contributed by atoms with Crippen LogP contribution in [0.2, 0.25) is 0 Å². The SMILES string of the molecule is C=CCCC(=O)NC(C)c1ccc(OCc2ccncc2)c(OC)c1. The van der Waals surface area contributed by atoms with Crippen LogP contribution in [0.3, 0.4) is 0 Å². The van der Waals surface area contributed by atoms with E-state index >= 15 is 0 Å². The van der Waals surface area contributed by atoms with Crippen molar-refractivity contribution in [3.63, 3.8) is 0 Å². The first-order valence-corrected chi connectivity index (χ1v) is 8.24. The summed E-state index contributed by atoms with van der Waals surface area (Å²) >= 11 is 0. The van der Waals surface area contributed by atoms with Crippen LogP contribution in [0.5, 0.6) is 11.5 Å². The number of amides is 1. The van der Waals surface area contributed by atoms with Gasteiger partial charge in [-0.15, -0.1) is 6.58 Å². The Hall–Kier alpha value is -2.82. The second-order valence-electron chi connectivity index (χ2n) is 5.67. The molecule has 0 saturated heterocycles. The van der Waals surface area contributed by atoms with E-state index < -0.39 is 0 Å². The fourth-order valence-corrected chi connectivity index (χ4v) is 2.34. The van der Waals surface area contributed by atoms with Crippen LogP contribution in [-0.4, -0.2) is 18.0 Å². The fraction of sp³-hybridized carbons (Fsp3) is 0.300. The van der Waals surface area contributed by atoms with Gasteiger partial charge in [0.1, 0.15) is 6.61 Å². The Morgan fingerprint density at radius 3 is 2.72 bits per heavy atom. The predicted octanol–water partition coefficient (Wildman–Crippen LogP) is 3.81. The lowest BCUT2D eigenvalue weighted by molar-refractivity contribution is -0.121. The summed E-state index contributed by atoms with van der Waals surface area (Å²) in [7, 11) is 1.60. The van der Waals surface area contributed by atoms with Gasteiger partial charge in [0.05, 0.1) is 13.2 Å². The topological polar surface area (TPSA) is 60.5 Å². The average molecular weight is 340 g/mol. The number of ether oxygens (including phenoxy) is 2.